The van der Waals surface area contributed by atoms with Gasteiger partial charge in [-0.2, -0.15) is 5.10 Å². The highest BCUT2D eigenvalue weighted by atomic mass is 16.5. The van der Waals surface area contributed by atoms with Gasteiger partial charge in [0.1, 0.15) is 0 Å². The maximum Gasteiger partial charge on any atom is 0.337 e. The van der Waals surface area contributed by atoms with Crippen molar-refractivity contribution in [2.45, 2.75) is 0 Å². The molecule has 190 valence electrons. The van der Waals surface area contributed by atoms with Crippen LogP contribution < -0.4 is 5.43 Å². The molecule has 0 aliphatic carbocycles. The number of carbonyl (C=O) groups is 1. The number of hydrogen-bond acceptors (Lipinski definition) is 7. The van der Waals surface area contributed by atoms with E-state index in [4.69, 9.17) is 14.7 Å². The first-order chi connectivity index (χ1) is 19.2. The lowest BCUT2D eigenvalue weighted by atomic mass is 10.1. The minimum Gasteiger partial charge on any atom is -0.465 e. The number of hydrazone groups is 1. The lowest BCUT2D eigenvalue weighted by molar-refractivity contribution is 0.0600. The zero-order valence-corrected chi connectivity index (χ0v) is 21.1. The summed E-state index contributed by atoms with van der Waals surface area (Å²) in [7, 11) is 1.34. The Labute approximate surface area is 225 Å². The monoisotopic (exact) mass is 512 g/mol. The van der Waals surface area contributed by atoms with Crippen LogP contribution in [0.25, 0.3) is 22.5 Å². The number of azo groups is 1. The summed E-state index contributed by atoms with van der Waals surface area (Å²) >= 11 is 0. The van der Waals surface area contributed by atoms with Gasteiger partial charge in [-0.15, -0.1) is 10.2 Å². The van der Waals surface area contributed by atoms with E-state index in [0.717, 1.165) is 28.1 Å². The summed E-state index contributed by atoms with van der Waals surface area (Å²) in [6.45, 7) is 0. The Balaban J connectivity index is 1.49. The van der Waals surface area contributed by atoms with Gasteiger partial charge in [0.2, 0.25) is 11.8 Å². The largest absolute Gasteiger partial charge is 0.465 e. The number of anilines is 1. The Kier molecular flexibility index (Phi) is 7.84. The van der Waals surface area contributed by atoms with E-state index in [-0.39, 0.29) is 0 Å². The van der Waals surface area contributed by atoms with Crippen molar-refractivity contribution in [2.75, 3.05) is 12.5 Å². The molecule has 0 fully saturated rings. The van der Waals surface area contributed by atoms with Gasteiger partial charge in [0.25, 0.3) is 0 Å². The number of methoxy groups -OCH3 is 1. The van der Waals surface area contributed by atoms with Gasteiger partial charge < -0.3 is 4.74 Å². The van der Waals surface area contributed by atoms with Crippen molar-refractivity contribution >= 4 is 23.4 Å². The third kappa shape index (κ3) is 6.44. The summed E-state index contributed by atoms with van der Waals surface area (Å²) in [6, 6.07) is 37.9. The molecule has 0 bridgehead atoms. The maximum atomic E-state index is 11.7. The third-order valence-electron chi connectivity index (χ3n) is 5.71. The predicted octanol–water partition coefficient (Wildman–Crippen LogP) is 7.15. The Bertz CT molecular complexity index is 1550. The molecular weight excluding hydrogens is 488 g/mol. The molecule has 0 radical (unpaired) electrons. The Morgan fingerprint density at radius 3 is 1.77 bits per heavy atom. The second-order valence-corrected chi connectivity index (χ2v) is 8.35. The van der Waals surface area contributed by atoms with Crippen molar-refractivity contribution < 1.29 is 9.53 Å². The highest BCUT2D eigenvalue weighted by Gasteiger charge is 2.10. The first-order valence-corrected chi connectivity index (χ1v) is 12.2. The molecule has 0 atom stereocenters. The molecular formula is C31H24N6O2. The SMILES string of the molecule is COC(=O)c1ccc(N=NC(=NNc2nc(-c3ccccc3)cc(-c3ccccc3)n2)c2ccccc2)cc1. The van der Waals surface area contributed by atoms with Gasteiger partial charge in [-0.25, -0.2) is 20.2 Å². The van der Waals surface area contributed by atoms with Gasteiger partial charge in [0.15, 0.2) is 0 Å². The summed E-state index contributed by atoms with van der Waals surface area (Å²) in [5, 5.41) is 13.2. The van der Waals surface area contributed by atoms with Crippen molar-refractivity contribution in [3.8, 4) is 22.5 Å². The van der Waals surface area contributed by atoms with Gasteiger partial charge in [0, 0.05) is 16.7 Å². The van der Waals surface area contributed by atoms with Crippen LogP contribution in [-0.2, 0) is 4.74 Å². The average molecular weight is 513 g/mol. The van der Waals surface area contributed by atoms with E-state index < -0.39 is 5.97 Å². The average Bonchev–Trinajstić information content (AvgIpc) is 3.02. The first kappa shape index (κ1) is 25.2. The molecule has 39 heavy (non-hydrogen) atoms. The molecule has 0 saturated carbocycles. The number of carbonyl (C=O) groups excluding carboxylic acids is 1. The van der Waals surface area contributed by atoms with Gasteiger partial charge in [0.05, 0.1) is 29.7 Å². The number of hydrogen-bond donors (Lipinski definition) is 1. The maximum absolute atomic E-state index is 11.7. The minimum absolute atomic E-state index is 0.321. The Morgan fingerprint density at radius 1 is 0.692 bits per heavy atom. The zero-order valence-electron chi connectivity index (χ0n) is 21.1. The predicted molar refractivity (Wildman–Crippen MR) is 152 cm³/mol. The lowest BCUT2D eigenvalue weighted by Crippen LogP contribution is -2.04. The van der Waals surface area contributed by atoms with Crippen molar-refractivity contribution in [1.29, 1.82) is 0 Å². The van der Waals surface area contributed by atoms with Gasteiger partial charge in [-0.1, -0.05) is 91.0 Å². The van der Waals surface area contributed by atoms with Gasteiger partial charge in [-0.05, 0) is 30.3 Å². The van der Waals surface area contributed by atoms with Gasteiger partial charge >= 0.3 is 5.97 Å². The first-order valence-electron chi connectivity index (χ1n) is 12.2. The molecule has 0 aliphatic rings. The molecule has 1 heterocycles. The fourth-order valence-corrected chi connectivity index (χ4v) is 3.73. The number of ether oxygens (including phenoxy) is 1. The van der Waals surface area contributed by atoms with Crippen LogP contribution in [0.15, 0.2) is 137 Å². The van der Waals surface area contributed by atoms with Crippen LogP contribution in [0.3, 0.4) is 0 Å². The topological polar surface area (TPSA) is 101 Å². The minimum atomic E-state index is -0.415. The van der Waals surface area contributed by atoms with Crippen LogP contribution in [0.4, 0.5) is 11.6 Å². The number of aromatic nitrogens is 2. The smallest absolute Gasteiger partial charge is 0.337 e. The van der Waals surface area contributed by atoms with Crippen LogP contribution in [0.1, 0.15) is 15.9 Å². The van der Waals surface area contributed by atoms with E-state index in [1.807, 2.05) is 97.1 Å². The lowest BCUT2D eigenvalue weighted by Gasteiger charge is -2.09. The molecule has 0 unspecified atom stereocenters. The van der Waals surface area contributed by atoms with E-state index in [9.17, 15) is 4.79 Å². The van der Waals surface area contributed by atoms with E-state index >= 15 is 0 Å². The zero-order chi connectivity index (χ0) is 26.9. The molecule has 0 spiro atoms. The van der Waals surface area contributed by atoms with Crippen molar-refractivity contribution in [2.24, 2.45) is 15.3 Å². The van der Waals surface area contributed by atoms with Crippen molar-refractivity contribution in [3.05, 3.63) is 132 Å². The molecule has 0 saturated heterocycles. The van der Waals surface area contributed by atoms with Crippen LogP contribution in [0.2, 0.25) is 0 Å². The summed E-state index contributed by atoms with van der Waals surface area (Å²) in [5.41, 5.74) is 8.16. The van der Waals surface area contributed by atoms with Crippen molar-refractivity contribution in [1.82, 2.24) is 9.97 Å². The number of amidine groups is 1. The summed E-state index contributed by atoms with van der Waals surface area (Å²) in [6.07, 6.45) is 0. The number of nitrogens with zero attached hydrogens (tertiary/aromatic N) is 5. The molecule has 5 rings (SSSR count). The summed E-state index contributed by atoms with van der Waals surface area (Å²) < 4.78 is 4.75. The highest BCUT2D eigenvalue weighted by Crippen LogP contribution is 2.25. The molecule has 1 N–H and O–H groups in total. The van der Waals surface area contributed by atoms with Crippen LogP contribution in [0.5, 0.6) is 0 Å². The molecule has 0 amide bonds. The molecule has 5 aromatic rings. The third-order valence-corrected chi connectivity index (χ3v) is 5.71. The quantitative estimate of drug-likeness (QED) is 0.0820. The standard InChI is InChI=1S/C31H24N6O2/c1-39-30(38)25-17-19-26(20-18-25)34-35-29(24-15-9-4-10-16-24)36-37-31-32-27(22-11-5-2-6-12-22)21-28(33-31)23-13-7-3-8-14-23/h2-21H,1H3,(H,32,33,37). The summed E-state index contributed by atoms with van der Waals surface area (Å²) in [5.74, 6) is 0.241. The Morgan fingerprint density at radius 2 is 1.23 bits per heavy atom. The molecule has 0 aliphatic heterocycles. The van der Waals surface area contributed by atoms with E-state index in [1.54, 1.807) is 24.3 Å². The molecule has 4 aromatic carbocycles. The van der Waals surface area contributed by atoms with E-state index in [2.05, 4.69) is 20.8 Å². The van der Waals surface area contributed by atoms with Crippen LogP contribution in [-0.4, -0.2) is 28.9 Å². The second-order valence-electron chi connectivity index (χ2n) is 8.35. The molecule has 1 aromatic heterocycles. The van der Waals surface area contributed by atoms with E-state index in [1.165, 1.54) is 7.11 Å². The second kappa shape index (κ2) is 12.2. The van der Waals surface area contributed by atoms with Crippen molar-refractivity contribution in [3.63, 3.8) is 0 Å². The fourth-order valence-electron chi connectivity index (χ4n) is 3.73. The number of nitrogens with one attached hydrogen (secondary N) is 1. The van der Waals surface area contributed by atoms with Crippen LogP contribution in [0, 0.1) is 0 Å². The number of benzene rings is 4. The highest BCUT2D eigenvalue weighted by molar-refractivity contribution is 5.99. The molecule has 8 heteroatoms. The Hall–Kier alpha value is -5.50. The van der Waals surface area contributed by atoms with Crippen LogP contribution >= 0.6 is 0 Å². The number of rotatable bonds is 7. The normalized spacial score (nSPS) is 11.4. The number of esters is 1. The van der Waals surface area contributed by atoms with E-state index in [0.29, 0.717) is 23.0 Å². The van der Waals surface area contributed by atoms with Gasteiger partial charge in [-0.3, -0.25) is 0 Å². The molecule has 8 nitrogen and oxygen atoms in total. The fraction of sp³-hybridized carbons (Fsp3) is 0.0323. The summed E-state index contributed by atoms with van der Waals surface area (Å²) in [4.78, 5) is 21.1.